The highest BCUT2D eigenvalue weighted by atomic mass is 16.4. The highest BCUT2D eigenvalue weighted by Crippen LogP contribution is 2.17. The predicted octanol–water partition coefficient (Wildman–Crippen LogP) is 2.64. The monoisotopic (exact) mass is 263 g/mol. The van der Waals surface area contributed by atoms with E-state index in [0.29, 0.717) is 0 Å². The quantitative estimate of drug-likeness (QED) is 0.328. The second-order valence-electron chi connectivity index (χ2n) is 4.73. The first kappa shape index (κ1) is 15.5. The molecule has 4 heteroatoms. The van der Waals surface area contributed by atoms with Crippen LogP contribution in [0.5, 0.6) is 0 Å². The minimum Gasteiger partial charge on any atom is -0.409 e. The zero-order valence-corrected chi connectivity index (χ0v) is 11.9. The van der Waals surface area contributed by atoms with Crippen molar-refractivity contribution in [3.8, 4) is 0 Å². The van der Waals surface area contributed by atoms with Gasteiger partial charge in [0.1, 0.15) is 5.84 Å². The fourth-order valence-electron chi connectivity index (χ4n) is 2.14. The van der Waals surface area contributed by atoms with Crippen molar-refractivity contribution in [2.24, 2.45) is 10.9 Å². The molecule has 0 amide bonds. The van der Waals surface area contributed by atoms with Crippen molar-refractivity contribution in [1.82, 2.24) is 4.90 Å². The Balaban J connectivity index is 2.80. The van der Waals surface area contributed by atoms with Crippen LogP contribution >= 0.6 is 0 Å². The summed E-state index contributed by atoms with van der Waals surface area (Å²) in [5.41, 5.74) is 6.94. The number of unbranched alkanes of at least 4 members (excludes halogenated alkanes) is 1. The summed E-state index contributed by atoms with van der Waals surface area (Å²) in [4.78, 5) is 2.35. The van der Waals surface area contributed by atoms with Gasteiger partial charge in [-0.15, -0.1) is 0 Å². The molecule has 1 atom stereocenters. The zero-order chi connectivity index (χ0) is 14.1. The Morgan fingerprint density at radius 2 is 2.00 bits per heavy atom. The molecule has 106 valence electrons. The lowest BCUT2D eigenvalue weighted by molar-refractivity contribution is 0.274. The van der Waals surface area contributed by atoms with Crippen molar-refractivity contribution < 1.29 is 5.21 Å². The molecule has 1 rings (SSSR count). The van der Waals surface area contributed by atoms with Gasteiger partial charge in [-0.2, -0.15) is 0 Å². The third kappa shape index (κ3) is 4.91. The minimum atomic E-state index is -0.0528. The summed E-state index contributed by atoms with van der Waals surface area (Å²) >= 11 is 0. The number of amidine groups is 1. The smallest absolute Gasteiger partial charge is 0.147 e. The van der Waals surface area contributed by atoms with Crippen LogP contribution in [0.15, 0.2) is 35.5 Å². The molecule has 19 heavy (non-hydrogen) atoms. The van der Waals surface area contributed by atoms with E-state index in [1.54, 1.807) is 0 Å². The van der Waals surface area contributed by atoms with Crippen LogP contribution in [0.2, 0.25) is 0 Å². The van der Waals surface area contributed by atoms with Gasteiger partial charge in [-0.05, 0) is 25.1 Å². The van der Waals surface area contributed by atoms with Crippen molar-refractivity contribution in [2.45, 2.75) is 32.6 Å². The van der Waals surface area contributed by atoms with Crippen LogP contribution in [0.3, 0.4) is 0 Å². The van der Waals surface area contributed by atoms with E-state index < -0.39 is 0 Å². The van der Waals surface area contributed by atoms with Crippen LogP contribution < -0.4 is 5.73 Å². The first-order chi connectivity index (χ1) is 9.22. The van der Waals surface area contributed by atoms with Gasteiger partial charge in [0.05, 0.1) is 5.92 Å². The molecule has 0 saturated carbocycles. The summed E-state index contributed by atoms with van der Waals surface area (Å²) in [7, 11) is 0. The Morgan fingerprint density at radius 3 is 2.53 bits per heavy atom. The molecule has 0 bridgehead atoms. The van der Waals surface area contributed by atoms with Crippen LogP contribution in [0.25, 0.3) is 0 Å². The first-order valence-electron chi connectivity index (χ1n) is 6.97. The van der Waals surface area contributed by atoms with Gasteiger partial charge >= 0.3 is 0 Å². The average Bonchev–Trinajstić information content (AvgIpc) is 2.48. The van der Waals surface area contributed by atoms with Crippen molar-refractivity contribution in [2.75, 3.05) is 19.6 Å². The molecule has 0 spiro atoms. The van der Waals surface area contributed by atoms with E-state index in [-0.39, 0.29) is 11.8 Å². The molecule has 0 aliphatic rings. The normalized spacial score (nSPS) is 13.7. The molecule has 0 fully saturated rings. The largest absolute Gasteiger partial charge is 0.409 e. The Morgan fingerprint density at radius 1 is 1.32 bits per heavy atom. The number of hydrogen-bond donors (Lipinski definition) is 2. The van der Waals surface area contributed by atoms with Gasteiger partial charge in [-0.3, -0.25) is 0 Å². The van der Waals surface area contributed by atoms with Crippen LogP contribution in [-0.2, 0) is 0 Å². The van der Waals surface area contributed by atoms with Gasteiger partial charge in [-0.1, -0.05) is 55.8 Å². The second-order valence-corrected chi connectivity index (χ2v) is 4.73. The summed E-state index contributed by atoms with van der Waals surface area (Å²) in [6, 6.07) is 9.98. The average molecular weight is 263 g/mol. The lowest BCUT2D eigenvalue weighted by Gasteiger charge is -2.26. The topological polar surface area (TPSA) is 61.8 Å². The fraction of sp³-hybridized carbons (Fsp3) is 0.533. The maximum absolute atomic E-state index is 8.97. The van der Waals surface area contributed by atoms with Crippen molar-refractivity contribution in [1.29, 1.82) is 0 Å². The van der Waals surface area contributed by atoms with E-state index in [1.165, 1.54) is 12.8 Å². The number of oxime groups is 1. The molecule has 1 unspecified atom stereocenters. The highest BCUT2D eigenvalue weighted by Gasteiger charge is 2.19. The molecule has 0 aliphatic carbocycles. The summed E-state index contributed by atoms with van der Waals surface area (Å²) in [5.74, 6) is 0.226. The van der Waals surface area contributed by atoms with E-state index in [0.717, 1.165) is 25.2 Å². The van der Waals surface area contributed by atoms with Crippen LogP contribution in [0.1, 0.15) is 38.2 Å². The van der Waals surface area contributed by atoms with Crippen LogP contribution in [0.4, 0.5) is 0 Å². The first-order valence-corrected chi connectivity index (χ1v) is 6.97. The van der Waals surface area contributed by atoms with E-state index in [4.69, 9.17) is 10.9 Å². The standard InChI is InChI=1S/C15H25N3O/c1-3-5-11-18(4-2)12-14(15(16)17-19)13-9-7-6-8-10-13/h6-10,14,19H,3-5,11-12H2,1-2H3,(H2,16,17). The molecule has 0 aliphatic heterocycles. The van der Waals surface area contributed by atoms with Gasteiger partial charge in [-0.25, -0.2) is 0 Å². The summed E-state index contributed by atoms with van der Waals surface area (Å²) in [5, 5.41) is 12.2. The van der Waals surface area contributed by atoms with Gasteiger partial charge in [0.2, 0.25) is 0 Å². The number of nitrogens with two attached hydrogens (primary N) is 1. The molecule has 0 heterocycles. The van der Waals surface area contributed by atoms with Gasteiger partial charge in [0, 0.05) is 6.54 Å². The Hall–Kier alpha value is -1.55. The number of nitrogens with zero attached hydrogens (tertiary/aromatic N) is 2. The number of benzene rings is 1. The molecule has 1 aromatic carbocycles. The highest BCUT2D eigenvalue weighted by molar-refractivity contribution is 5.87. The van der Waals surface area contributed by atoms with Crippen molar-refractivity contribution >= 4 is 5.84 Å². The van der Waals surface area contributed by atoms with E-state index in [9.17, 15) is 0 Å². The summed E-state index contributed by atoms with van der Waals surface area (Å²) < 4.78 is 0. The summed E-state index contributed by atoms with van der Waals surface area (Å²) in [6.07, 6.45) is 2.35. The van der Waals surface area contributed by atoms with Gasteiger partial charge in [0.25, 0.3) is 0 Å². The van der Waals surface area contributed by atoms with Crippen LogP contribution in [-0.4, -0.2) is 35.6 Å². The second kappa shape index (κ2) is 8.53. The third-order valence-electron chi connectivity index (χ3n) is 3.39. The van der Waals surface area contributed by atoms with E-state index >= 15 is 0 Å². The number of hydrogen-bond acceptors (Lipinski definition) is 3. The summed E-state index contributed by atoms with van der Waals surface area (Å²) in [6.45, 7) is 7.14. The Bertz CT molecular complexity index is 378. The Kier molecular flexibility index (Phi) is 6.97. The fourth-order valence-corrected chi connectivity index (χ4v) is 2.14. The predicted molar refractivity (Wildman–Crippen MR) is 79.6 cm³/mol. The van der Waals surface area contributed by atoms with Crippen LogP contribution in [0, 0.1) is 0 Å². The molecule has 4 nitrogen and oxygen atoms in total. The molecule has 0 radical (unpaired) electrons. The molecular weight excluding hydrogens is 238 g/mol. The minimum absolute atomic E-state index is 0.0528. The molecule has 1 aromatic rings. The van der Waals surface area contributed by atoms with Gasteiger partial charge in [0.15, 0.2) is 0 Å². The number of likely N-dealkylation sites (N-methyl/N-ethyl adjacent to an activating group) is 1. The molecular formula is C15H25N3O. The van der Waals surface area contributed by atoms with Crippen molar-refractivity contribution in [3.63, 3.8) is 0 Å². The number of rotatable bonds is 8. The van der Waals surface area contributed by atoms with E-state index in [2.05, 4.69) is 23.9 Å². The zero-order valence-electron chi connectivity index (χ0n) is 11.9. The molecule has 3 N–H and O–H groups in total. The van der Waals surface area contributed by atoms with Gasteiger partial charge < -0.3 is 15.8 Å². The van der Waals surface area contributed by atoms with E-state index in [1.807, 2.05) is 30.3 Å². The van der Waals surface area contributed by atoms with Crippen molar-refractivity contribution in [3.05, 3.63) is 35.9 Å². The SMILES string of the molecule is CCCCN(CC)CC(C(N)=NO)c1ccccc1. The Labute approximate surface area is 115 Å². The molecule has 0 saturated heterocycles. The maximum atomic E-state index is 8.97. The lowest BCUT2D eigenvalue weighted by atomic mass is 9.97. The third-order valence-corrected chi connectivity index (χ3v) is 3.39. The lowest BCUT2D eigenvalue weighted by Crippen LogP contribution is -2.35. The maximum Gasteiger partial charge on any atom is 0.147 e. The molecule has 0 aromatic heterocycles.